The lowest BCUT2D eigenvalue weighted by atomic mass is 10.0. The van der Waals surface area contributed by atoms with Gasteiger partial charge in [-0.3, -0.25) is 14.9 Å². The molecule has 178 valence electrons. The quantitative estimate of drug-likeness (QED) is 0.109. The molecule has 3 aromatic carbocycles. The summed E-state index contributed by atoms with van der Waals surface area (Å²) in [6, 6.07) is 18.9. The number of carbonyl (C=O) groups excluding carboxylic acids is 1. The highest BCUT2D eigenvalue weighted by Crippen LogP contribution is 2.35. The Morgan fingerprint density at radius 2 is 1.91 bits per heavy atom. The van der Waals surface area contributed by atoms with Crippen molar-refractivity contribution in [2.45, 2.75) is 13.8 Å². The van der Waals surface area contributed by atoms with Crippen LogP contribution in [0.5, 0.6) is 11.5 Å². The second-order valence-electron chi connectivity index (χ2n) is 7.44. The van der Waals surface area contributed by atoms with Crippen LogP contribution in [0.2, 0.25) is 0 Å². The van der Waals surface area contributed by atoms with Crippen LogP contribution < -0.4 is 14.8 Å². The van der Waals surface area contributed by atoms with Gasteiger partial charge in [0, 0.05) is 17.8 Å². The fourth-order valence-electron chi connectivity index (χ4n) is 3.18. The van der Waals surface area contributed by atoms with E-state index in [9.17, 15) is 20.2 Å². The van der Waals surface area contributed by atoms with Gasteiger partial charge in [-0.1, -0.05) is 29.8 Å². The van der Waals surface area contributed by atoms with Gasteiger partial charge in [-0.25, -0.2) is 0 Å². The molecule has 1 amide bonds. The Balaban J connectivity index is 1.83. The number of nitrogens with one attached hydrogen (secondary N) is 1. The first-order valence-corrected chi connectivity index (χ1v) is 11.7. The number of nitrogens with zero attached hydrogens (tertiary/aromatic N) is 2. The summed E-state index contributed by atoms with van der Waals surface area (Å²) in [6.45, 7) is 3.95. The number of aryl methyl sites for hydroxylation is 1. The summed E-state index contributed by atoms with van der Waals surface area (Å²) in [7, 11) is 0. The Labute approximate surface area is 216 Å². The zero-order valence-electron chi connectivity index (χ0n) is 19.1. The van der Waals surface area contributed by atoms with Gasteiger partial charge in [-0.05, 0) is 77.9 Å². The summed E-state index contributed by atoms with van der Waals surface area (Å²) in [6.07, 6.45) is 1.62. The Morgan fingerprint density at radius 3 is 2.57 bits per heavy atom. The predicted molar refractivity (Wildman–Crippen MR) is 142 cm³/mol. The van der Waals surface area contributed by atoms with E-state index in [1.165, 1.54) is 18.2 Å². The highest BCUT2D eigenvalue weighted by Gasteiger charge is 2.15. The maximum Gasteiger partial charge on any atom is 0.270 e. The van der Waals surface area contributed by atoms with E-state index in [4.69, 9.17) is 9.47 Å². The van der Waals surface area contributed by atoms with Gasteiger partial charge in [-0.2, -0.15) is 5.26 Å². The van der Waals surface area contributed by atoms with Gasteiger partial charge in [-0.15, -0.1) is 0 Å². The number of ether oxygens (including phenoxy) is 2. The van der Waals surface area contributed by atoms with Crippen LogP contribution >= 0.6 is 22.6 Å². The lowest BCUT2D eigenvalue weighted by molar-refractivity contribution is -0.384. The molecule has 0 aliphatic carbocycles. The van der Waals surface area contributed by atoms with Crippen LogP contribution in [-0.4, -0.2) is 24.0 Å². The normalized spacial score (nSPS) is 10.9. The lowest BCUT2D eigenvalue weighted by Gasteiger charge is -2.15. The van der Waals surface area contributed by atoms with E-state index in [0.717, 1.165) is 5.56 Å². The largest absolute Gasteiger partial charge is 0.490 e. The molecule has 8 nitrogen and oxygen atoms in total. The molecule has 0 saturated carbocycles. The molecule has 0 radical (unpaired) electrons. The molecule has 1 N–H and O–H groups in total. The summed E-state index contributed by atoms with van der Waals surface area (Å²) >= 11 is 2.07. The Bertz CT molecular complexity index is 1310. The minimum atomic E-state index is -0.504. The van der Waals surface area contributed by atoms with Crippen LogP contribution in [0.4, 0.5) is 11.4 Å². The van der Waals surface area contributed by atoms with Gasteiger partial charge in [0.2, 0.25) is 0 Å². The zero-order chi connectivity index (χ0) is 25.4. The molecule has 0 heterocycles. The summed E-state index contributed by atoms with van der Waals surface area (Å²) in [4.78, 5) is 22.9. The van der Waals surface area contributed by atoms with Crippen molar-refractivity contribution in [2.24, 2.45) is 0 Å². The second-order valence-corrected chi connectivity index (χ2v) is 8.61. The number of hydrogen-bond acceptors (Lipinski definition) is 6. The van der Waals surface area contributed by atoms with Crippen LogP contribution in [0.3, 0.4) is 0 Å². The van der Waals surface area contributed by atoms with E-state index < -0.39 is 4.92 Å². The van der Waals surface area contributed by atoms with Crippen molar-refractivity contribution in [1.82, 2.24) is 0 Å². The Morgan fingerprint density at radius 1 is 1.17 bits per heavy atom. The molecular weight excluding hydrogens is 561 g/mol. The minimum absolute atomic E-state index is 0.0964. The van der Waals surface area contributed by atoms with Crippen LogP contribution in [-0.2, 0) is 4.79 Å². The molecule has 0 aromatic heterocycles. The van der Waals surface area contributed by atoms with E-state index in [0.29, 0.717) is 38.5 Å². The van der Waals surface area contributed by atoms with Crippen molar-refractivity contribution in [1.29, 1.82) is 5.26 Å². The zero-order valence-corrected chi connectivity index (χ0v) is 21.2. The van der Waals surface area contributed by atoms with E-state index >= 15 is 0 Å². The Hall–Kier alpha value is -3.91. The van der Waals surface area contributed by atoms with Crippen molar-refractivity contribution in [3.8, 4) is 17.6 Å². The smallest absolute Gasteiger partial charge is 0.270 e. The summed E-state index contributed by atoms with van der Waals surface area (Å²) in [5.41, 5.74) is 3.02. The molecule has 35 heavy (non-hydrogen) atoms. The summed E-state index contributed by atoms with van der Waals surface area (Å²) in [5.74, 6) is 0.524. The van der Waals surface area contributed by atoms with Crippen molar-refractivity contribution >= 4 is 51.5 Å². The number of nitro benzene ring substituents is 1. The van der Waals surface area contributed by atoms with Gasteiger partial charge < -0.3 is 14.8 Å². The summed E-state index contributed by atoms with van der Waals surface area (Å²) in [5, 5.41) is 23.5. The molecule has 0 atom stereocenters. The lowest BCUT2D eigenvalue weighted by Crippen LogP contribution is -2.20. The third-order valence-corrected chi connectivity index (χ3v) is 5.62. The highest BCUT2D eigenvalue weighted by atomic mass is 127. The van der Waals surface area contributed by atoms with Crippen molar-refractivity contribution in [3.63, 3.8) is 0 Å². The molecule has 0 aliphatic heterocycles. The van der Waals surface area contributed by atoms with Crippen LogP contribution in [0, 0.1) is 31.9 Å². The highest BCUT2D eigenvalue weighted by molar-refractivity contribution is 14.1. The monoisotopic (exact) mass is 583 g/mol. The number of benzene rings is 3. The standard InChI is InChI=1S/C26H22IN3O5/c1-3-34-24-13-18(11-20(15-28)19-5-4-6-22(14-19)30(32)33)12-23(27)26(24)35-16-25(31)29-21-9-7-17(2)8-10-21/h4-14H,3,16H2,1-2H3,(H,29,31)/b20-11-. The molecule has 0 bridgehead atoms. The fraction of sp³-hybridized carbons (Fsp3) is 0.154. The fourth-order valence-corrected chi connectivity index (χ4v) is 3.96. The topological polar surface area (TPSA) is 114 Å². The number of amides is 1. The number of halogens is 1. The molecular formula is C26H22IN3O5. The molecule has 0 aliphatic rings. The predicted octanol–water partition coefficient (Wildman–Crippen LogP) is 5.99. The van der Waals surface area contributed by atoms with Gasteiger partial charge >= 0.3 is 0 Å². The van der Waals surface area contributed by atoms with Crippen LogP contribution in [0.1, 0.15) is 23.6 Å². The van der Waals surface area contributed by atoms with E-state index in [1.54, 1.807) is 24.3 Å². The number of allylic oxidation sites excluding steroid dienone is 1. The van der Waals surface area contributed by atoms with Crippen molar-refractivity contribution < 1.29 is 19.2 Å². The number of rotatable bonds is 9. The number of nitro groups is 1. The second kappa shape index (κ2) is 12.0. The van der Waals surface area contributed by atoms with Crippen LogP contribution in [0.15, 0.2) is 60.7 Å². The minimum Gasteiger partial charge on any atom is -0.490 e. The third-order valence-electron chi connectivity index (χ3n) is 4.81. The van der Waals surface area contributed by atoms with Gasteiger partial charge in [0.25, 0.3) is 11.6 Å². The number of hydrogen-bond donors (Lipinski definition) is 1. The summed E-state index contributed by atoms with van der Waals surface area (Å²) < 4.78 is 12.2. The van der Waals surface area contributed by atoms with E-state index in [1.807, 2.05) is 38.1 Å². The average Bonchev–Trinajstić information content (AvgIpc) is 2.83. The molecule has 0 spiro atoms. The SMILES string of the molecule is CCOc1cc(/C=C(/C#N)c2cccc([N+](=O)[O-])c2)cc(I)c1OCC(=O)Nc1ccc(C)cc1. The number of anilines is 1. The maximum atomic E-state index is 12.4. The molecule has 3 rings (SSSR count). The number of carbonyl (C=O) groups is 1. The molecule has 0 saturated heterocycles. The van der Waals surface area contributed by atoms with Gasteiger partial charge in [0.15, 0.2) is 18.1 Å². The van der Waals surface area contributed by atoms with E-state index in [2.05, 4.69) is 34.0 Å². The average molecular weight is 583 g/mol. The number of nitriles is 1. The maximum absolute atomic E-state index is 12.4. The molecule has 3 aromatic rings. The molecule has 0 unspecified atom stereocenters. The third kappa shape index (κ3) is 7.04. The first-order chi connectivity index (χ1) is 16.8. The van der Waals surface area contributed by atoms with E-state index in [-0.39, 0.29) is 23.8 Å². The first kappa shape index (κ1) is 25.7. The van der Waals surface area contributed by atoms with Crippen molar-refractivity contribution in [2.75, 3.05) is 18.5 Å². The number of non-ortho nitro benzene ring substituents is 1. The van der Waals surface area contributed by atoms with Crippen molar-refractivity contribution in [3.05, 3.63) is 91.0 Å². The van der Waals surface area contributed by atoms with Gasteiger partial charge in [0.1, 0.15) is 0 Å². The molecule has 0 fully saturated rings. The van der Waals surface area contributed by atoms with Gasteiger partial charge in [0.05, 0.1) is 26.7 Å². The Kier molecular flexibility index (Phi) is 8.80. The van der Waals surface area contributed by atoms with Crippen LogP contribution in [0.25, 0.3) is 11.6 Å². The first-order valence-electron chi connectivity index (χ1n) is 10.6. The molecule has 9 heteroatoms.